The number of sulfonamides is 1. The van der Waals surface area contributed by atoms with Crippen LogP contribution in [-0.2, 0) is 21.9 Å². The van der Waals surface area contributed by atoms with Gasteiger partial charge in [-0.3, -0.25) is 9.48 Å². The molecule has 24 heavy (non-hydrogen) atoms. The van der Waals surface area contributed by atoms with E-state index < -0.39 is 21.4 Å². The van der Waals surface area contributed by atoms with E-state index in [2.05, 4.69) is 5.10 Å². The Morgan fingerprint density at radius 3 is 2.67 bits per heavy atom. The van der Waals surface area contributed by atoms with Crippen molar-refractivity contribution >= 4 is 16.0 Å². The highest BCUT2D eigenvalue weighted by Crippen LogP contribution is 2.58. The van der Waals surface area contributed by atoms with Gasteiger partial charge in [-0.05, 0) is 12.3 Å². The van der Waals surface area contributed by atoms with Crippen molar-refractivity contribution in [1.29, 1.82) is 0 Å². The summed E-state index contributed by atoms with van der Waals surface area (Å²) in [7, 11) is -2.11. The molecule has 2 heterocycles. The van der Waals surface area contributed by atoms with E-state index in [0.29, 0.717) is 17.7 Å². The lowest BCUT2D eigenvalue weighted by atomic mass is 10.1. The number of fused-ring (bicyclic) bond motifs is 1. The fourth-order valence-electron chi connectivity index (χ4n) is 3.54. The first-order valence-corrected chi connectivity index (χ1v) is 9.11. The van der Waals surface area contributed by atoms with Crippen LogP contribution in [0.2, 0.25) is 0 Å². The predicted molar refractivity (Wildman–Crippen MR) is 85.6 cm³/mol. The Morgan fingerprint density at radius 2 is 2.04 bits per heavy atom. The Labute approximate surface area is 139 Å². The van der Waals surface area contributed by atoms with E-state index in [1.807, 2.05) is 30.3 Å². The number of aromatic nitrogens is 2. The molecule has 126 valence electrons. The summed E-state index contributed by atoms with van der Waals surface area (Å²) in [5.41, 5.74) is 0.222. The highest BCUT2D eigenvalue weighted by atomic mass is 32.2. The normalized spacial score (nSPS) is 26.3. The third-order valence-electron chi connectivity index (χ3n) is 5.00. The quantitative estimate of drug-likeness (QED) is 0.897. The third-order valence-corrected chi connectivity index (χ3v) is 6.81. The average Bonchev–Trinajstić information content (AvgIpc) is 2.92. The number of carboxylic acid groups (broad SMARTS) is 1. The van der Waals surface area contributed by atoms with Gasteiger partial charge in [0.2, 0.25) is 10.0 Å². The fraction of sp³-hybridized carbons (Fsp3) is 0.375. The van der Waals surface area contributed by atoms with Crippen LogP contribution >= 0.6 is 0 Å². The molecular formula is C16H17N3O4S. The molecule has 1 aromatic heterocycles. The SMILES string of the molecule is Cn1cc(S(=O)(=O)N2CC3CC3(C(=O)O)C2)c(-c2ccccc2)n1. The summed E-state index contributed by atoms with van der Waals surface area (Å²) in [6.07, 6.45) is 2.04. The van der Waals surface area contributed by atoms with Gasteiger partial charge in [-0.15, -0.1) is 0 Å². The molecule has 1 aromatic carbocycles. The van der Waals surface area contributed by atoms with Crippen molar-refractivity contribution in [2.24, 2.45) is 18.4 Å². The van der Waals surface area contributed by atoms with Crippen LogP contribution in [0.1, 0.15) is 6.42 Å². The number of carboxylic acids is 1. The van der Waals surface area contributed by atoms with Crippen LogP contribution in [0.25, 0.3) is 11.3 Å². The van der Waals surface area contributed by atoms with Gasteiger partial charge in [0.15, 0.2) is 0 Å². The Morgan fingerprint density at radius 1 is 1.33 bits per heavy atom. The van der Waals surface area contributed by atoms with E-state index >= 15 is 0 Å². The van der Waals surface area contributed by atoms with Gasteiger partial charge in [0.1, 0.15) is 10.6 Å². The third kappa shape index (κ3) is 2.10. The Balaban J connectivity index is 1.73. The van der Waals surface area contributed by atoms with Crippen LogP contribution in [0.3, 0.4) is 0 Å². The molecule has 2 unspecified atom stereocenters. The number of rotatable bonds is 4. The van der Waals surface area contributed by atoms with Crippen LogP contribution in [0, 0.1) is 11.3 Å². The zero-order valence-electron chi connectivity index (χ0n) is 13.1. The van der Waals surface area contributed by atoms with Crippen LogP contribution in [0.5, 0.6) is 0 Å². The zero-order valence-corrected chi connectivity index (χ0v) is 13.9. The van der Waals surface area contributed by atoms with Gasteiger partial charge < -0.3 is 5.11 Å². The second-order valence-corrected chi connectivity index (χ2v) is 8.45. The summed E-state index contributed by atoms with van der Waals surface area (Å²) in [6.45, 7) is 0.302. The maximum atomic E-state index is 13.1. The maximum Gasteiger partial charge on any atom is 0.311 e. The second kappa shape index (κ2) is 4.90. The molecule has 0 bridgehead atoms. The monoisotopic (exact) mass is 347 g/mol. The van der Waals surface area contributed by atoms with Crippen molar-refractivity contribution in [2.45, 2.75) is 11.3 Å². The molecule has 7 nitrogen and oxygen atoms in total. The fourth-order valence-corrected chi connectivity index (χ4v) is 5.29. The molecule has 4 rings (SSSR count). The molecule has 1 aliphatic heterocycles. The number of carbonyl (C=O) groups is 1. The Hall–Kier alpha value is -2.19. The van der Waals surface area contributed by atoms with E-state index in [1.54, 1.807) is 7.05 Å². The minimum Gasteiger partial charge on any atom is -0.481 e. The lowest BCUT2D eigenvalue weighted by Crippen LogP contribution is -2.34. The maximum absolute atomic E-state index is 13.1. The second-order valence-electron chi connectivity index (χ2n) is 6.54. The van der Waals surface area contributed by atoms with Crippen LogP contribution < -0.4 is 0 Å². The average molecular weight is 347 g/mol. The Bertz CT molecular complexity index is 922. The zero-order chi connectivity index (χ0) is 17.1. The van der Waals surface area contributed by atoms with E-state index in [0.717, 1.165) is 0 Å². The molecule has 0 radical (unpaired) electrons. The largest absolute Gasteiger partial charge is 0.481 e. The van der Waals surface area contributed by atoms with E-state index in [-0.39, 0.29) is 23.9 Å². The summed E-state index contributed by atoms with van der Waals surface area (Å²) >= 11 is 0. The minimum atomic E-state index is -3.78. The predicted octanol–water partition coefficient (Wildman–Crippen LogP) is 1.18. The van der Waals surface area contributed by atoms with Gasteiger partial charge in [-0.25, -0.2) is 8.42 Å². The highest BCUT2D eigenvalue weighted by Gasteiger charge is 2.67. The van der Waals surface area contributed by atoms with Gasteiger partial charge >= 0.3 is 5.97 Å². The molecule has 1 N–H and O–H groups in total. The lowest BCUT2D eigenvalue weighted by Gasteiger charge is -2.19. The van der Waals surface area contributed by atoms with Crippen molar-refractivity contribution in [2.75, 3.05) is 13.1 Å². The minimum absolute atomic E-state index is 0.0401. The number of hydrogen-bond donors (Lipinski definition) is 1. The summed E-state index contributed by atoms with van der Waals surface area (Å²) in [4.78, 5) is 11.6. The summed E-state index contributed by atoms with van der Waals surface area (Å²) in [6, 6.07) is 9.12. The molecule has 1 aliphatic carbocycles. The van der Waals surface area contributed by atoms with Gasteiger partial charge in [0.25, 0.3) is 0 Å². The summed E-state index contributed by atoms with van der Waals surface area (Å²) in [5.74, 6) is -0.985. The molecule has 1 saturated carbocycles. The first kappa shape index (κ1) is 15.3. The van der Waals surface area contributed by atoms with Gasteiger partial charge in [0, 0.05) is 31.9 Å². The summed E-state index contributed by atoms with van der Waals surface area (Å²) in [5, 5.41) is 13.7. The first-order valence-electron chi connectivity index (χ1n) is 7.67. The van der Waals surface area contributed by atoms with E-state index in [4.69, 9.17) is 0 Å². The number of aliphatic carboxylic acids is 1. The Kier molecular flexibility index (Phi) is 3.14. The molecule has 2 aromatic rings. The number of aryl methyl sites for hydroxylation is 1. The number of nitrogens with zero attached hydrogens (tertiary/aromatic N) is 3. The van der Waals surface area contributed by atoms with Crippen molar-refractivity contribution in [3.8, 4) is 11.3 Å². The number of hydrogen-bond acceptors (Lipinski definition) is 4. The van der Waals surface area contributed by atoms with Crippen LogP contribution in [0.15, 0.2) is 41.4 Å². The number of benzene rings is 1. The topological polar surface area (TPSA) is 92.5 Å². The molecule has 2 fully saturated rings. The number of piperidine rings is 1. The standard InChI is InChI=1S/C16H17N3O4S/c1-18-9-13(14(17-18)11-5-3-2-4-6-11)24(22,23)19-8-12-7-16(12,10-19)15(20)21/h2-6,9,12H,7-8,10H2,1H3,(H,20,21). The molecule has 2 aliphatic rings. The van der Waals surface area contributed by atoms with Crippen molar-refractivity contribution in [3.05, 3.63) is 36.5 Å². The van der Waals surface area contributed by atoms with Crippen LogP contribution in [0.4, 0.5) is 0 Å². The van der Waals surface area contributed by atoms with E-state index in [9.17, 15) is 18.3 Å². The molecule has 0 spiro atoms. The molecule has 1 saturated heterocycles. The van der Waals surface area contributed by atoms with Crippen molar-refractivity contribution in [1.82, 2.24) is 14.1 Å². The van der Waals surface area contributed by atoms with Crippen molar-refractivity contribution < 1.29 is 18.3 Å². The smallest absolute Gasteiger partial charge is 0.311 e. The van der Waals surface area contributed by atoms with E-state index in [1.165, 1.54) is 15.2 Å². The van der Waals surface area contributed by atoms with Gasteiger partial charge in [-0.1, -0.05) is 30.3 Å². The molecule has 8 heteroatoms. The highest BCUT2D eigenvalue weighted by molar-refractivity contribution is 7.89. The van der Waals surface area contributed by atoms with Crippen molar-refractivity contribution in [3.63, 3.8) is 0 Å². The van der Waals surface area contributed by atoms with Crippen LogP contribution in [-0.4, -0.2) is 46.7 Å². The summed E-state index contributed by atoms with van der Waals surface area (Å²) < 4.78 is 28.9. The van der Waals surface area contributed by atoms with Gasteiger partial charge in [-0.2, -0.15) is 9.40 Å². The van der Waals surface area contributed by atoms with Gasteiger partial charge in [0.05, 0.1) is 5.41 Å². The molecule has 0 amide bonds. The molecule has 2 atom stereocenters. The molecular weight excluding hydrogens is 330 g/mol. The first-order chi connectivity index (χ1) is 11.3. The lowest BCUT2D eigenvalue weighted by molar-refractivity contribution is -0.143.